The molecule has 0 aromatic rings. The molecule has 4 nitrogen and oxygen atoms in total. The van der Waals surface area contributed by atoms with Gasteiger partial charge in [-0.3, -0.25) is 9.59 Å². The Kier molecular flexibility index (Phi) is 6.27. The first-order valence-electron chi connectivity index (χ1n) is 6.52. The summed E-state index contributed by atoms with van der Waals surface area (Å²) in [5.74, 6) is -1.07. The highest BCUT2D eigenvalue weighted by Gasteiger charge is 2.31. The van der Waals surface area contributed by atoms with E-state index in [0.717, 1.165) is 0 Å². The van der Waals surface area contributed by atoms with Gasteiger partial charge in [-0.05, 0) is 41.5 Å². The fraction of sp³-hybridized carbons (Fsp3) is 0.733. The van der Waals surface area contributed by atoms with Gasteiger partial charge in [-0.25, -0.2) is 0 Å². The molecular formula is C15H26O4. The zero-order valence-corrected chi connectivity index (χ0v) is 13.1. The van der Waals surface area contributed by atoms with Crippen molar-refractivity contribution in [3.63, 3.8) is 0 Å². The lowest BCUT2D eigenvalue weighted by molar-refractivity contribution is -0.165. The van der Waals surface area contributed by atoms with Gasteiger partial charge in [0.1, 0.15) is 11.2 Å². The number of rotatable bonds is 5. The molecule has 1 atom stereocenters. The van der Waals surface area contributed by atoms with Crippen LogP contribution in [-0.2, 0) is 19.1 Å². The van der Waals surface area contributed by atoms with Crippen molar-refractivity contribution >= 4 is 11.9 Å². The molecular weight excluding hydrogens is 244 g/mol. The van der Waals surface area contributed by atoms with Gasteiger partial charge in [0.25, 0.3) is 0 Å². The van der Waals surface area contributed by atoms with E-state index in [4.69, 9.17) is 9.47 Å². The zero-order valence-electron chi connectivity index (χ0n) is 13.1. The zero-order chi connectivity index (χ0) is 15.3. The van der Waals surface area contributed by atoms with Crippen molar-refractivity contribution in [2.24, 2.45) is 5.92 Å². The van der Waals surface area contributed by atoms with Crippen LogP contribution in [0.5, 0.6) is 0 Å². The Bertz CT molecular complexity index is 348. The molecule has 0 fully saturated rings. The summed E-state index contributed by atoms with van der Waals surface area (Å²) in [6.45, 7) is 12.3. The quantitative estimate of drug-likeness (QED) is 0.568. The van der Waals surface area contributed by atoms with Crippen molar-refractivity contribution in [3.05, 3.63) is 12.2 Å². The Balaban J connectivity index is 4.83. The second-order valence-corrected chi connectivity index (χ2v) is 6.22. The average Bonchev–Trinajstić information content (AvgIpc) is 2.11. The summed E-state index contributed by atoms with van der Waals surface area (Å²) < 4.78 is 10.6. The topological polar surface area (TPSA) is 52.6 Å². The highest BCUT2D eigenvalue weighted by atomic mass is 16.6. The molecule has 0 saturated heterocycles. The maximum atomic E-state index is 12.1. The summed E-state index contributed by atoms with van der Waals surface area (Å²) in [4.78, 5) is 23.1. The Morgan fingerprint density at radius 2 is 1.63 bits per heavy atom. The number of carbonyl (C=O) groups excluding carboxylic acids is 2. The smallest absolute Gasteiger partial charge is 0.313 e. The summed E-state index contributed by atoms with van der Waals surface area (Å²) in [7, 11) is 0. The van der Waals surface area contributed by atoms with E-state index >= 15 is 0 Å². The van der Waals surface area contributed by atoms with E-state index < -0.39 is 17.1 Å². The molecule has 0 amide bonds. The Hall–Kier alpha value is -1.32. The number of hydrogen-bond donors (Lipinski definition) is 0. The van der Waals surface area contributed by atoms with Crippen molar-refractivity contribution < 1.29 is 19.1 Å². The summed E-state index contributed by atoms with van der Waals surface area (Å²) in [5, 5.41) is 0. The molecule has 0 heterocycles. The molecule has 0 saturated carbocycles. The summed E-state index contributed by atoms with van der Waals surface area (Å²) >= 11 is 0. The molecule has 0 aliphatic carbocycles. The van der Waals surface area contributed by atoms with Crippen LogP contribution in [0, 0.1) is 5.92 Å². The highest BCUT2D eigenvalue weighted by molar-refractivity contribution is 5.75. The van der Waals surface area contributed by atoms with Gasteiger partial charge < -0.3 is 9.47 Å². The molecule has 0 aliphatic heterocycles. The minimum Gasteiger partial charge on any atom is -0.460 e. The summed E-state index contributed by atoms with van der Waals surface area (Å²) in [5.41, 5.74) is -1.23. The molecule has 0 aromatic carbocycles. The van der Waals surface area contributed by atoms with Crippen LogP contribution >= 0.6 is 0 Å². The molecule has 110 valence electrons. The van der Waals surface area contributed by atoms with Gasteiger partial charge in [0.2, 0.25) is 0 Å². The monoisotopic (exact) mass is 270 g/mol. The Labute approximate surface area is 116 Å². The predicted octanol–water partition coefficient (Wildman–Crippen LogP) is 3.25. The van der Waals surface area contributed by atoms with Crippen molar-refractivity contribution in [2.45, 2.75) is 66.1 Å². The number of ether oxygens (including phenoxy) is 2. The van der Waals surface area contributed by atoms with Crippen LogP contribution in [0.15, 0.2) is 12.2 Å². The normalized spacial score (nSPS) is 14.3. The molecule has 0 bridgehead atoms. The lowest BCUT2D eigenvalue weighted by Crippen LogP contribution is -2.35. The second kappa shape index (κ2) is 6.73. The van der Waals surface area contributed by atoms with Gasteiger partial charge >= 0.3 is 11.9 Å². The summed E-state index contributed by atoms with van der Waals surface area (Å²) in [6, 6.07) is 0. The van der Waals surface area contributed by atoms with E-state index in [1.807, 2.05) is 27.7 Å². The van der Waals surface area contributed by atoms with E-state index in [9.17, 15) is 9.59 Å². The number of carbonyl (C=O) groups is 2. The third-order valence-electron chi connectivity index (χ3n) is 2.27. The van der Waals surface area contributed by atoms with Crippen LogP contribution in [0.1, 0.15) is 54.9 Å². The van der Waals surface area contributed by atoms with Crippen LogP contribution in [0.25, 0.3) is 0 Å². The van der Waals surface area contributed by atoms with Crippen LogP contribution in [0.2, 0.25) is 0 Å². The molecule has 4 heteroatoms. The second-order valence-electron chi connectivity index (χ2n) is 6.22. The predicted molar refractivity (Wildman–Crippen MR) is 74.6 cm³/mol. The van der Waals surface area contributed by atoms with E-state index in [2.05, 4.69) is 0 Å². The average molecular weight is 270 g/mol. The van der Waals surface area contributed by atoms with E-state index in [0.29, 0.717) is 6.42 Å². The SMILES string of the molecule is CC=CC(CC(C)(C)OC(C)=O)C(=O)OC(C)(C)C. The van der Waals surface area contributed by atoms with Gasteiger partial charge in [-0.1, -0.05) is 12.2 Å². The fourth-order valence-corrected chi connectivity index (χ4v) is 1.80. The van der Waals surface area contributed by atoms with Crippen LogP contribution in [0.4, 0.5) is 0 Å². The van der Waals surface area contributed by atoms with Gasteiger partial charge in [0.15, 0.2) is 0 Å². The maximum Gasteiger partial charge on any atom is 0.313 e. The van der Waals surface area contributed by atoms with Crippen molar-refractivity contribution in [1.29, 1.82) is 0 Å². The summed E-state index contributed by atoms with van der Waals surface area (Å²) in [6.07, 6.45) is 3.98. The minimum absolute atomic E-state index is 0.300. The molecule has 0 N–H and O–H groups in total. The molecule has 19 heavy (non-hydrogen) atoms. The molecule has 0 radical (unpaired) electrons. The Morgan fingerprint density at radius 3 is 2.00 bits per heavy atom. The third-order valence-corrected chi connectivity index (χ3v) is 2.27. The molecule has 1 unspecified atom stereocenters. The molecule has 0 spiro atoms. The van der Waals surface area contributed by atoms with Gasteiger partial charge in [0.05, 0.1) is 5.92 Å². The fourth-order valence-electron chi connectivity index (χ4n) is 1.80. The Morgan fingerprint density at radius 1 is 1.11 bits per heavy atom. The largest absolute Gasteiger partial charge is 0.460 e. The molecule has 0 aliphatic rings. The van der Waals surface area contributed by atoms with Crippen molar-refractivity contribution in [3.8, 4) is 0 Å². The first-order valence-corrected chi connectivity index (χ1v) is 6.52. The molecule has 0 aromatic heterocycles. The van der Waals surface area contributed by atoms with Crippen LogP contribution in [-0.4, -0.2) is 23.1 Å². The van der Waals surface area contributed by atoms with Crippen molar-refractivity contribution in [1.82, 2.24) is 0 Å². The van der Waals surface area contributed by atoms with Gasteiger partial charge in [0, 0.05) is 13.3 Å². The first-order chi connectivity index (χ1) is 8.47. The van der Waals surface area contributed by atoms with Crippen LogP contribution in [0.3, 0.4) is 0 Å². The lowest BCUT2D eigenvalue weighted by Gasteiger charge is -2.29. The minimum atomic E-state index is -0.701. The van der Waals surface area contributed by atoms with E-state index in [-0.39, 0.29) is 11.9 Å². The third kappa shape index (κ3) is 8.41. The first kappa shape index (κ1) is 17.7. The number of allylic oxidation sites excluding steroid dienone is 1. The van der Waals surface area contributed by atoms with E-state index in [1.165, 1.54) is 6.92 Å². The van der Waals surface area contributed by atoms with Crippen molar-refractivity contribution in [2.75, 3.05) is 0 Å². The van der Waals surface area contributed by atoms with Gasteiger partial charge in [-0.2, -0.15) is 0 Å². The number of hydrogen-bond acceptors (Lipinski definition) is 4. The van der Waals surface area contributed by atoms with Crippen LogP contribution < -0.4 is 0 Å². The molecule has 0 rings (SSSR count). The highest BCUT2D eigenvalue weighted by Crippen LogP contribution is 2.24. The van der Waals surface area contributed by atoms with Gasteiger partial charge in [-0.15, -0.1) is 0 Å². The number of esters is 2. The lowest BCUT2D eigenvalue weighted by atomic mass is 9.92. The standard InChI is InChI=1S/C15H26O4/c1-8-9-12(13(17)19-14(3,4)5)10-15(6,7)18-11(2)16/h8-9,12H,10H2,1-7H3. The maximum absolute atomic E-state index is 12.1. The van der Waals surface area contributed by atoms with E-state index in [1.54, 1.807) is 26.0 Å².